The van der Waals surface area contributed by atoms with Gasteiger partial charge >= 0.3 is 6.03 Å². The SMILES string of the molecule is Cc1cccc(CN(Cc2ccccc2)C(=O)NCCCN2CCCC(C(N)=O)C2)n1. The van der Waals surface area contributed by atoms with Crippen molar-refractivity contribution in [3.63, 3.8) is 0 Å². The van der Waals surface area contributed by atoms with E-state index in [1.54, 1.807) is 4.90 Å². The number of nitrogens with zero attached hydrogens (tertiary/aromatic N) is 3. The van der Waals surface area contributed by atoms with Crippen molar-refractivity contribution in [3.8, 4) is 0 Å². The summed E-state index contributed by atoms with van der Waals surface area (Å²) in [5, 5.41) is 3.05. The zero-order valence-corrected chi connectivity index (χ0v) is 18.3. The number of urea groups is 1. The minimum Gasteiger partial charge on any atom is -0.369 e. The predicted octanol–water partition coefficient (Wildman–Crippen LogP) is 2.69. The van der Waals surface area contributed by atoms with E-state index in [1.165, 1.54) is 0 Å². The molecule has 0 aliphatic carbocycles. The fraction of sp³-hybridized carbons (Fsp3) is 0.458. The van der Waals surface area contributed by atoms with Gasteiger partial charge in [-0.1, -0.05) is 36.4 Å². The maximum absolute atomic E-state index is 12.9. The highest BCUT2D eigenvalue weighted by atomic mass is 16.2. The van der Waals surface area contributed by atoms with Gasteiger partial charge in [-0.05, 0) is 57.0 Å². The van der Waals surface area contributed by atoms with Crippen molar-refractivity contribution in [2.45, 2.75) is 39.3 Å². The average Bonchev–Trinajstić information content (AvgIpc) is 2.77. The minimum atomic E-state index is -0.209. The molecule has 1 fully saturated rings. The van der Waals surface area contributed by atoms with E-state index in [4.69, 9.17) is 5.73 Å². The number of aryl methyl sites for hydroxylation is 1. The van der Waals surface area contributed by atoms with Gasteiger partial charge in [0.15, 0.2) is 0 Å². The first-order valence-electron chi connectivity index (χ1n) is 11.0. The highest BCUT2D eigenvalue weighted by molar-refractivity contribution is 5.77. The van der Waals surface area contributed by atoms with Crippen LogP contribution in [0, 0.1) is 12.8 Å². The molecular formula is C24H33N5O2. The van der Waals surface area contributed by atoms with Crippen LogP contribution in [0.2, 0.25) is 0 Å². The minimum absolute atomic E-state index is 0.0495. The van der Waals surface area contributed by atoms with Gasteiger partial charge in [0.25, 0.3) is 0 Å². The largest absolute Gasteiger partial charge is 0.369 e. The lowest BCUT2D eigenvalue weighted by Crippen LogP contribution is -2.43. The van der Waals surface area contributed by atoms with Gasteiger partial charge in [0, 0.05) is 25.3 Å². The van der Waals surface area contributed by atoms with E-state index in [0.717, 1.165) is 55.8 Å². The predicted molar refractivity (Wildman–Crippen MR) is 121 cm³/mol. The highest BCUT2D eigenvalue weighted by Crippen LogP contribution is 2.16. The average molecular weight is 424 g/mol. The van der Waals surface area contributed by atoms with Crippen molar-refractivity contribution >= 4 is 11.9 Å². The number of rotatable bonds is 9. The summed E-state index contributed by atoms with van der Waals surface area (Å²) in [7, 11) is 0. The summed E-state index contributed by atoms with van der Waals surface area (Å²) in [5.74, 6) is -0.258. The van der Waals surface area contributed by atoms with Crippen molar-refractivity contribution in [2.75, 3.05) is 26.2 Å². The van der Waals surface area contributed by atoms with Crippen molar-refractivity contribution < 1.29 is 9.59 Å². The van der Waals surface area contributed by atoms with Gasteiger partial charge in [0.1, 0.15) is 0 Å². The number of piperidine rings is 1. The molecule has 2 aromatic rings. The Hall–Kier alpha value is -2.93. The Morgan fingerprint density at radius 1 is 1.16 bits per heavy atom. The number of likely N-dealkylation sites (tertiary alicyclic amines) is 1. The van der Waals surface area contributed by atoms with Gasteiger partial charge in [-0.3, -0.25) is 9.78 Å². The van der Waals surface area contributed by atoms with Crippen molar-refractivity contribution in [1.29, 1.82) is 0 Å². The second-order valence-electron chi connectivity index (χ2n) is 8.24. The summed E-state index contributed by atoms with van der Waals surface area (Å²) >= 11 is 0. The molecule has 1 aromatic heterocycles. The zero-order chi connectivity index (χ0) is 22.1. The highest BCUT2D eigenvalue weighted by Gasteiger charge is 2.23. The van der Waals surface area contributed by atoms with Crippen molar-refractivity contribution in [3.05, 3.63) is 65.5 Å². The quantitative estimate of drug-likeness (QED) is 0.607. The lowest BCUT2D eigenvalue weighted by atomic mass is 9.97. The standard InChI is InChI=1S/C24H33N5O2/c1-19-8-5-12-22(27-19)18-29(16-20-9-3-2-4-10-20)24(31)26-13-7-15-28-14-6-11-21(17-28)23(25)30/h2-5,8-10,12,21H,6-7,11,13-18H2,1H3,(H2,25,30)(H,26,31). The van der Waals surface area contributed by atoms with Crippen LogP contribution < -0.4 is 11.1 Å². The third kappa shape index (κ3) is 7.36. The molecule has 1 saturated heterocycles. The number of primary amides is 1. The first-order chi connectivity index (χ1) is 15.0. The maximum Gasteiger partial charge on any atom is 0.318 e. The zero-order valence-electron chi connectivity index (χ0n) is 18.3. The molecule has 3 rings (SSSR count). The Labute approximate surface area is 184 Å². The molecular weight excluding hydrogens is 390 g/mol. The smallest absolute Gasteiger partial charge is 0.318 e. The number of hydrogen-bond donors (Lipinski definition) is 2. The van der Waals surface area contributed by atoms with Crippen LogP contribution in [0.25, 0.3) is 0 Å². The van der Waals surface area contributed by atoms with Crippen molar-refractivity contribution in [1.82, 2.24) is 20.1 Å². The molecule has 7 heteroatoms. The lowest BCUT2D eigenvalue weighted by molar-refractivity contribution is -0.123. The molecule has 1 unspecified atom stereocenters. The van der Waals surface area contributed by atoms with Crippen LogP contribution in [0.1, 0.15) is 36.2 Å². The number of benzene rings is 1. The third-order valence-electron chi connectivity index (χ3n) is 5.64. The second kappa shape index (κ2) is 11.5. The fourth-order valence-corrected chi connectivity index (χ4v) is 3.99. The van der Waals surface area contributed by atoms with Crippen LogP contribution in [0.3, 0.4) is 0 Å². The van der Waals surface area contributed by atoms with E-state index in [9.17, 15) is 9.59 Å². The van der Waals surface area contributed by atoms with Crippen LogP contribution in [-0.2, 0) is 17.9 Å². The maximum atomic E-state index is 12.9. The summed E-state index contributed by atoms with van der Waals surface area (Å²) in [6, 6.07) is 15.8. The molecule has 3 N–H and O–H groups in total. The molecule has 0 spiro atoms. The summed E-state index contributed by atoms with van der Waals surface area (Å²) in [5.41, 5.74) is 8.35. The van der Waals surface area contributed by atoms with Crippen LogP contribution in [0.15, 0.2) is 48.5 Å². The number of aromatic nitrogens is 1. The molecule has 0 radical (unpaired) electrons. The first-order valence-corrected chi connectivity index (χ1v) is 11.0. The summed E-state index contributed by atoms with van der Waals surface area (Å²) in [6.07, 6.45) is 2.71. The Balaban J connectivity index is 1.52. The summed E-state index contributed by atoms with van der Waals surface area (Å²) in [4.78, 5) is 33.0. The number of carbonyl (C=O) groups is 2. The van der Waals surface area contributed by atoms with E-state index in [0.29, 0.717) is 19.6 Å². The van der Waals surface area contributed by atoms with Crippen LogP contribution in [0.4, 0.5) is 4.79 Å². The molecule has 3 amide bonds. The summed E-state index contributed by atoms with van der Waals surface area (Å²) in [6.45, 7) is 6.07. The van der Waals surface area contributed by atoms with Gasteiger partial charge in [0.2, 0.25) is 5.91 Å². The fourth-order valence-electron chi connectivity index (χ4n) is 3.99. The number of carbonyl (C=O) groups excluding carboxylic acids is 2. The van der Waals surface area contributed by atoms with Crippen LogP contribution in [-0.4, -0.2) is 52.9 Å². The number of pyridine rings is 1. The number of nitrogens with two attached hydrogens (primary N) is 1. The summed E-state index contributed by atoms with van der Waals surface area (Å²) < 4.78 is 0. The molecule has 7 nitrogen and oxygen atoms in total. The normalized spacial score (nSPS) is 16.6. The molecule has 31 heavy (non-hydrogen) atoms. The Morgan fingerprint density at radius 2 is 1.97 bits per heavy atom. The molecule has 1 atom stereocenters. The van der Waals surface area contributed by atoms with Crippen LogP contribution >= 0.6 is 0 Å². The van der Waals surface area contributed by atoms with Crippen LogP contribution in [0.5, 0.6) is 0 Å². The second-order valence-corrected chi connectivity index (χ2v) is 8.24. The Bertz CT molecular complexity index is 858. The van der Waals surface area contributed by atoms with Gasteiger partial charge < -0.3 is 20.9 Å². The molecule has 1 aliphatic heterocycles. The molecule has 166 valence electrons. The van der Waals surface area contributed by atoms with Gasteiger partial charge in [-0.2, -0.15) is 0 Å². The van der Waals surface area contributed by atoms with Gasteiger partial charge in [0.05, 0.1) is 18.2 Å². The number of hydrogen-bond acceptors (Lipinski definition) is 4. The third-order valence-corrected chi connectivity index (χ3v) is 5.64. The molecule has 1 aromatic carbocycles. The Kier molecular flexibility index (Phi) is 8.41. The van der Waals surface area contributed by atoms with E-state index >= 15 is 0 Å². The monoisotopic (exact) mass is 423 g/mol. The van der Waals surface area contributed by atoms with E-state index in [1.807, 2.05) is 55.5 Å². The van der Waals surface area contributed by atoms with E-state index < -0.39 is 0 Å². The molecule has 0 bridgehead atoms. The van der Waals surface area contributed by atoms with E-state index in [-0.39, 0.29) is 17.9 Å². The Morgan fingerprint density at radius 3 is 2.71 bits per heavy atom. The first kappa shape index (κ1) is 22.7. The molecule has 2 heterocycles. The lowest BCUT2D eigenvalue weighted by Gasteiger charge is -2.31. The number of nitrogens with one attached hydrogen (secondary N) is 1. The van der Waals surface area contributed by atoms with Gasteiger partial charge in [-0.15, -0.1) is 0 Å². The molecule has 1 aliphatic rings. The van der Waals surface area contributed by atoms with Crippen molar-refractivity contribution in [2.24, 2.45) is 11.7 Å². The topological polar surface area (TPSA) is 91.6 Å². The van der Waals surface area contributed by atoms with Gasteiger partial charge in [-0.25, -0.2) is 4.79 Å². The number of amides is 3. The molecule has 0 saturated carbocycles. The van der Waals surface area contributed by atoms with E-state index in [2.05, 4.69) is 15.2 Å².